The summed E-state index contributed by atoms with van der Waals surface area (Å²) in [5, 5.41) is 12.7. The predicted octanol–water partition coefficient (Wildman–Crippen LogP) is 3.66. The molecule has 0 saturated heterocycles. The lowest BCUT2D eigenvalue weighted by atomic mass is 9.86. The fraction of sp³-hybridized carbons (Fsp3) is 0.467. The number of hydrogen-bond acceptors (Lipinski definition) is 5. The molecule has 0 atom stereocenters. The minimum atomic E-state index is 0.145. The van der Waals surface area contributed by atoms with Gasteiger partial charge in [-0.1, -0.05) is 49.3 Å². The van der Waals surface area contributed by atoms with Crippen LogP contribution < -0.4 is 10.1 Å². The van der Waals surface area contributed by atoms with Crippen LogP contribution in [0.5, 0.6) is 10.9 Å². The monoisotopic (exact) mass is 291 g/mol. The third-order valence-electron chi connectivity index (χ3n) is 3.01. The van der Waals surface area contributed by atoms with Gasteiger partial charge in [-0.15, -0.1) is 5.10 Å². The summed E-state index contributed by atoms with van der Waals surface area (Å²) in [6.07, 6.45) is 0. The van der Waals surface area contributed by atoms with Crippen LogP contribution in [0.3, 0.4) is 0 Å². The average molecular weight is 291 g/mol. The summed E-state index contributed by atoms with van der Waals surface area (Å²) < 4.78 is 5.82. The predicted molar refractivity (Wildman–Crippen MR) is 82.6 cm³/mol. The molecule has 0 aliphatic rings. The van der Waals surface area contributed by atoms with Gasteiger partial charge in [-0.25, -0.2) is 0 Å². The van der Waals surface area contributed by atoms with Gasteiger partial charge in [0, 0.05) is 6.54 Å². The minimum absolute atomic E-state index is 0.145. The fourth-order valence-corrected chi connectivity index (χ4v) is 2.54. The Balaban J connectivity index is 2.17. The quantitative estimate of drug-likeness (QED) is 0.934. The number of benzene rings is 1. The Kier molecular flexibility index (Phi) is 4.40. The van der Waals surface area contributed by atoms with E-state index in [0.29, 0.717) is 11.7 Å². The van der Waals surface area contributed by atoms with E-state index in [0.717, 1.165) is 16.3 Å². The van der Waals surface area contributed by atoms with Gasteiger partial charge >= 0.3 is 0 Å². The van der Waals surface area contributed by atoms with Crippen molar-refractivity contribution in [2.24, 2.45) is 0 Å². The van der Waals surface area contributed by atoms with E-state index in [1.165, 1.54) is 16.9 Å². The number of ether oxygens (including phenoxy) is 1. The van der Waals surface area contributed by atoms with E-state index in [1.54, 1.807) is 0 Å². The number of rotatable bonds is 4. The van der Waals surface area contributed by atoms with Crippen LogP contribution in [0.1, 0.15) is 36.9 Å². The molecular weight excluding hydrogens is 270 g/mol. The van der Waals surface area contributed by atoms with Crippen molar-refractivity contribution in [3.05, 3.63) is 34.3 Å². The SMILES string of the molecule is CNCc1nnc(Oc2ccc(C(C)(C)C)cc2C)s1. The summed E-state index contributed by atoms with van der Waals surface area (Å²) >= 11 is 1.46. The zero-order chi connectivity index (χ0) is 14.8. The first-order valence-electron chi connectivity index (χ1n) is 6.66. The van der Waals surface area contributed by atoms with E-state index < -0.39 is 0 Å². The number of nitrogens with zero attached hydrogens (tertiary/aromatic N) is 2. The first-order valence-corrected chi connectivity index (χ1v) is 7.48. The molecule has 20 heavy (non-hydrogen) atoms. The zero-order valence-corrected chi connectivity index (χ0v) is 13.5. The van der Waals surface area contributed by atoms with Crippen molar-refractivity contribution in [2.75, 3.05) is 7.05 Å². The number of nitrogens with one attached hydrogen (secondary N) is 1. The van der Waals surface area contributed by atoms with Gasteiger partial charge in [-0.3, -0.25) is 0 Å². The Morgan fingerprint density at radius 2 is 2.00 bits per heavy atom. The zero-order valence-electron chi connectivity index (χ0n) is 12.7. The topological polar surface area (TPSA) is 47.0 Å². The first kappa shape index (κ1) is 14.9. The van der Waals surface area contributed by atoms with Crippen molar-refractivity contribution in [1.82, 2.24) is 15.5 Å². The number of aromatic nitrogens is 2. The van der Waals surface area contributed by atoms with Crippen LogP contribution in [0.15, 0.2) is 18.2 Å². The summed E-state index contributed by atoms with van der Waals surface area (Å²) in [6, 6.07) is 6.29. The van der Waals surface area contributed by atoms with Gasteiger partial charge in [0.25, 0.3) is 5.19 Å². The van der Waals surface area contributed by atoms with Gasteiger partial charge < -0.3 is 10.1 Å². The molecule has 1 aromatic carbocycles. The number of aryl methyl sites for hydroxylation is 1. The standard InChI is InChI=1S/C15H21N3OS/c1-10-8-11(15(2,3)4)6-7-12(10)19-14-18-17-13(20-14)9-16-5/h6-8,16H,9H2,1-5H3. The van der Waals surface area contributed by atoms with E-state index in [-0.39, 0.29) is 5.41 Å². The molecule has 0 bridgehead atoms. The van der Waals surface area contributed by atoms with Crippen LogP contribution in [0, 0.1) is 6.92 Å². The summed E-state index contributed by atoms with van der Waals surface area (Å²) in [7, 11) is 1.89. The molecule has 0 saturated carbocycles. The van der Waals surface area contributed by atoms with Crippen LogP contribution >= 0.6 is 11.3 Å². The maximum Gasteiger partial charge on any atom is 0.299 e. The summed E-state index contributed by atoms with van der Waals surface area (Å²) in [5.41, 5.74) is 2.56. The third-order valence-corrected chi connectivity index (χ3v) is 3.82. The molecule has 108 valence electrons. The first-order chi connectivity index (χ1) is 9.40. The summed E-state index contributed by atoms with van der Waals surface area (Å²) in [6.45, 7) is 9.38. The summed E-state index contributed by atoms with van der Waals surface area (Å²) in [5.74, 6) is 0.838. The maximum absolute atomic E-state index is 5.82. The van der Waals surface area contributed by atoms with E-state index in [9.17, 15) is 0 Å². The Labute approximate surface area is 124 Å². The molecule has 2 aromatic rings. The highest BCUT2D eigenvalue weighted by atomic mass is 32.1. The Morgan fingerprint density at radius 3 is 2.60 bits per heavy atom. The van der Waals surface area contributed by atoms with Crippen LogP contribution in [0.2, 0.25) is 0 Å². The molecule has 0 amide bonds. The molecule has 1 aromatic heterocycles. The fourth-order valence-electron chi connectivity index (χ4n) is 1.83. The molecule has 0 spiro atoms. The van der Waals surface area contributed by atoms with E-state index in [1.807, 2.05) is 13.1 Å². The lowest BCUT2D eigenvalue weighted by molar-refractivity contribution is 0.468. The van der Waals surface area contributed by atoms with Gasteiger partial charge in [0.2, 0.25) is 0 Å². The lowest BCUT2D eigenvalue weighted by Crippen LogP contribution is -2.11. The highest BCUT2D eigenvalue weighted by molar-refractivity contribution is 7.13. The van der Waals surface area contributed by atoms with Crippen LogP contribution in [0.4, 0.5) is 0 Å². The van der Waals surface area contributed by atoms with Gasteiger partial charge in [0.05, 0.1) is 0 Å². The molecule has 5 heteroatoms. The van der Waals surface area contributed by atoms with Crippen molar-refractivity contribution < 1.29 is 4.74 Å². The van der Waals surface area contributed by atoms with Crippen LogP contribution in [0.25, 0.3) is 0 Å². The molecule has 2 rings (SSSR count). The Hall–Kier alpha value is -1.46. The molecule has 0 radical (unpaired) electrons. The Bertz CT molecular complexity index is 587. The van der Waals surface area contributed by atoms with Crippen molar-refractivity contribution in [2.45, 2.75) is 39.7 Å². The Morgan fingerprint density at radius 1 is 1.25 bits per heavy atom. The smallest absolute Gasteiger partial charge is 0.299 e. The van der Waals surface area contributed by atoms with Crippen molar-refractivity contribution >= 4 is 11.3 Å². The van der Waals surface area contributed by atoms with Gasteiger partial charge in [-0.05, 0) is 36.6 Å². The third kappa shape index (κ3) is 3.55. The minimum Gasteiger partial charge on any atom is -0.430 e. The molecule has 0 fully saturated rings. The van der Waals surface area contributed by atoms with E-state index in [2.05, 4.69) is 55.3 Å². The average Bonchev–Trinajstić information content (AvgIpc) is 2.78. The number of hydrogen-bond donors (Lipinski definition) is 1. The largest absolute Gasteiger partial charge is 0.430 e. The van der Waals surface area contributed by atoms with Gasteiger partial charge in [0.1, 0.15) is 10.8 Å². The van der Waals surface area contributed by atoms with Crippen molar-refractivity contribution in [3.63, 3.8) is 0 Å². The second-order valence-electron chi connectivity index (χ2n) is 5.82. The highest BCUT2D eigenvalue weighted by Crippen LogP contribution is 2.31. The molecular formula is C15H21N3OS. The molecule has 1 N–H and O–H groups in total. The van der Waals surface area contributed by atoms with Gasteiger partial charge in [-0.2, -0.15) is 0 Å². The van der Waals surface area contributed by atoms with E-state index in [4.69, 9.17) is 4.74 Å². The summed E-state index contributed by atoms with van der Waals surface area (Å²) in [4.78, 5) is 0. The van der Waals surface area contributed by atoms with E-state index >= 15 is 0 Å². The normalized spacial score (nSPS) is 11.7. The maximum atomic E-state index is 5.82. The molecule has 0 aliphatic carbocycles. The second kappa shape index (κ2) is 5.89. The van der Waals surface area contributed by atoms with Crippen molar-refractivity contribution in [1.29, 1.82) is 0 Å². The van der Waals surface area contributed by atoms with Crippen LogP contribution in [-0.2, 0) is 12.0 Å². The lowest BCUT2D eigenvalue weighted by Gasteiger charge is -2.20. The molecule has 0 unspecified atom stereocenters. The molecule has 4 nitrogen and oxygen atoms in total. The molecule has 0 aliphatic heterocycles. The van der Waals surface area contributed by atoms with Gasteiger partial charge in [0.15, 0.2) is 0 Å². The second-order valence-corrected chi connectivity index (χ2v) is 6.85. The van der Waals surface area contributed by atoms with Crippen LogP contribution in [-0.4, -0.2) is 17.2 Å². The molecule has 1 heterocycles. The highest BCUT2D eigenvalue weighted by Gasteiger charge is 2.15. The van der Waals surface area contributed by atoms with Crippen molar-refractivity contribution in [3.8, 4) is 10.9 Å².